The summed E-state index contributed by atoms with van der Waals surface area (Å²) < 4.78 is 34.3. The largest absolute Gasteiger partial charge is 0.444 e. The van der Waals surface area contributed by atoms with Gasteiger partial charge in [-0.3, -0.25) is 9.52 Å². The van der Waals surface area contributed by atoms with E-state index in [1.165, 1.54) is 6.07 Å². The molecule has 2 atom stereocenters. The molecule has 2 N–H and O–H groups in total. The van der Waals surface area contributed by atoms with E-state index in [0.29, 0.717) is 36.7 Å². The lowest BCUT2D eigenvalue weighted by atomic mass is 9.98. The van der Waals surface area contributed by atoms with E-state index in [0.717, 1.165) is 94.7 Å². The Labute approximate surface area is 318 Å². The number of hydrogen-bond donors (Lipinski definition) is 2. The molecule has 3 saturated heterocycles. The second-order valence-electron chi connectivity index (χ2n) is 15.6. The first-order chi connectivity index (χ1) is 25.1. The van der Waals surface area contributed by atoms with Crippen LogP contribution in [0.1, 0.15) is 87.0 Å². The quantitative estimate of drug-likeness (QED) is 0.258. The SMILES string of the molecule is Cc1cn2nc([C@@H]3CCCCN3C(=O)c3ccc(Cl)cc3NS(C)(=O)=O)cc2nc1N1CC[C@H](N(CCCCN2CCNCC2)C(=O)OC(C)(C)C)C1. The topological polar surface area (TPSA) is 145 Å². The zero-order valence-corrected chi connectivity index (χ0v) is 33.2. The van der Waals surface area contributed by atoms with Gasteiger partial charge in [-0.05, 0) is 91.0 Å². The number of nitrogens with one attached hydrogen (secondary N) is 2. The minimum atomic E-state index is -3.64. The van der Waals surface area contributed by atoms with Crippen LogP contribution in [0.15, 0.2) is 30.5 Å². The number of amides is 2. The van der Waals surface area contributed by atoms with Crippen molar-refractivity contribution in [2.75, 3.05) is 74.8 Å². The van der Waals surface area contributed by atoms with Crippen molar-refractivity contribution in [3.63, 3.8) is 0 Å². The number of hydrogen-bond acceptors (Lipinski definition) is 10. The molecular weight excluding hydrogens is 718 g/mol. The van der Waals surface area contributed by atoms with Gasteiger partial charge < -0.3 is 29.7 Å². The summed E-state index contributed by atoms with van der Waals surface area (Å²) in [6, 6.07) is 6.23. The molecule has 1 aromatic carbocycles. The highest BCUT2D eigenvalue weighted by Gasteiger charge is 2.35. The van der Waals surface area contributed by atoms with Gasteiger partial charge in [-0.25, -0.2) is 22.7 Å². The van der Waals surface area contributed by atoms with Crippen LogP contribution in [0.3, 0.4) is 0 Å². The molecule has 0 bridgehead atoms. The Morgan fingerprint density at radius 2 is 1.85 bits per heavy atom. The lowest BCUT2D eigenvalue weighted by Gasteiger charge is -2.35. The minimum Gasteiger partial charge on any atom is -0.444 e. The molecule has 2 amide bonds. The summed E-state index contributed by atoms with van der Waals surface area (Å²) in [5, 5.41) is 8.62. The minimum absolute atomic E-state index is 0.00121. The Balaban J connectivity index is 1.18. The number of benzene rings is 1. The molecule has 3 aliphatic rings. The zero-order chi connectivity index (χ0) is 37.9. The predicted octanol–water partition coefficient (Wildman–Crippen LogP) is 4.93. The number of nitrogens with zero attached hydrogens (tertiary/aromatic N) is 7. The maximum atomic E-state index is 14.0. The molecule has 16 heteroatoms. The number of carbonyl (C=O) groups excluding carboxylic acids is 2. The number of carbonyl (C=O) groups is 2. The second-order valence-corrected chi connectivity index (χ2v) is 17.7. The smallest absolute Gasteiger partial charge is 0.410 e. The predicted molar refractivity (Wildman–Crippen MR) is 207 cm³/mol. The molecular formula is C37H54ClN9O5S. The number of halogens is 1. The first kappa shape index (κ1) is 39.0. The average Bonchev–Trinajstić information content (AvgIpc) is 3.74. The summed E-state index contributed by atoms with van der Waals surface area (Å²) in [6.07, 6.45) is 7.97. The van der Waals surface area contributed by atoms with Crippen molar-refractivity contribution in [2.24, 2.45) is 0 Å². The molecule has 6 rings (SSSR count). The van der Waals surface area contributed by atoms with Gasteiger partial charge in [-0.2, -0.15) is 5.10 Å². The van der Waals surface area contributed by atoms with Crippen molar-refractivity contribution < 1.29 is 22.7 Å². The van der Waals surface area contributed by atoms with E-state index in [1.54, 1.807) is 21.5 Å². The van der Waals surface area contributed by atoms with Crippen LogP contribution in [0.25, 0.3) is 5.65 Å². The summed E-state index contributed by atoms with van der Waals surface area (Å²) in [7, 11) is -3.64. The third-order valence-electron chi connectivity index (χ3n) is 10.1. The number of anilines is 2. The number of piperidine rings is 1. The van der Waals surface area contributed by atoms with Crippen molar-refractivity contribution >= 4 is 50.8 Å². The van der Waals surface area contributed by atoms with E-state index in [4.69, 9.17) is 26.4 Å². The van der Waals surface area contributed by atoms with Crippen molar-refractivity contribution in [3.05, 3.63) is 52.3 Å². The first-order valence-electron chi connectivity index (χ1n) is 18.8. The summed E-state index contributed by atoms with van der Waals surface area (Å²) >= 11 is 6.18. The summed E-state index contributed by atoms with van der Waals surface area (Å²) in [5.74, 6) is 0.560. The molecule has 2 aromatic heterocycles. The van der Waals surface area contributed by atoms with E-state index in [9.17, 15) is 18.0 Å². The maximum Gasteiger partial charge on any atom is 0.410 e. The highest BCUT2D eigenvalue weighted by atomic mass is 35.5. The van der Waals surface area contributed by atoms with E-state index >= 15 is 0 Å². The third kappa shape index (κ3) is 9.91. The van der Waals surface area contributed by atoms with Gasteiger partial charge in [0.25, 0.3) is 5.91 Å². The van der Waals surface area contributed by atoms with E-state index in [-0.39, 0.29) is 35.3 Å². The number of fused-ring (bicyclic) bond motifs is 1. The van der Waals surface area contributed by atoms with Gasteiger partial charge in [0.05, 0.1) is 35.3 Å². The summed E-state index contributed by atoms with van der Waals surface area (Å²) in [6.45, 7) is 15.5. The van der Waals surface area contributed by atoms with Gasteiger partial charge in [0.1, 0.15) is 11.4 Å². The third-order valence-corrected chi connectivity index (χ3v) is 10.9. The molecule has 53 heavy (non-hydrogen) atoms. The Kier molecular flexibility index (Phi) is 12.1. The van der Waals surface area contributed by atoms with Crippen LogP contribution < -0.4 is 14.9 Å². The molecule has 3 aliphatic heterocycles. The number of piperazine rings is 1. The van der Waals surface area contributed by atoms with Gasteiger partial charge in [-0.15, -0.1) is 0 Å². The number of likely N-dealkylation sites (tertiary alicyclic amines) is 1. The second kappa shape index (κ2) is 16.4. The van der Waals surface area contributed by atoms with Gasteiger partial charge in [-0.1, -0.05) is 11.6 Å². The Morgan fingerprint density at radius 1 is 1.08 bits per heavy atom. The fraction of sp³-hybridized carbons (Fsp3) is 0.622. The highest BCUT2D eigenvalue weighted by Crippen LogP contribution is 2.35. The van der Waals surface area contributed by atoms with Gasteiger partial charge in [0.2, 0.25) is 10.0 Å². The monoisotopic (exact) mass is 771 g/mol. The summed E-state index contributed by atoms with van der Waals surface area (Å²) in [4.78, 5) is 41.0. The Morgan fingerprint density at radius 3 is 2.58 bits per heavy atom. The van der Waals surface area contributed by atoms with Crippen LogP contribution in [-0.4, -0.2) is 127 Å². The molecule has 5 heterocycles. The van der Waals surface area contributed by atoms with Crippen LogP contribution in [0, 0.1) is 6.92 Å². The molecule has 0 saturated carbocycles. The van der Waals surface area contributed by atoms with E-state index < -0.39 is 15.6 Å². The van der Waals surface area contributed by atoms with Crippen LogP contribution in [-0.2, 0) is 14.8 Å². The number of aryl methyl sites for hydroxylation is 1. The molecule has 3 aromatic rings. The fourth-order valence-electron chi connectivity index (χ4n) is 7.61. The van der Waals surface area contributed by atoms with Crippen LogP contribution >= 0.6 is 11.6 Å². The van der Waals surface area contributed by atoms with Gasteiger partial charge in [0, 0.05) is 75.2 Å². The van der Waals surface area contributed by atoms with Crippen molar-refractivity contribution in [2.45, 2.75) is 83.9 Å². The average molecular weight is 772 g/mol. The number of sulfonamides is 1. The molecule has 14 nitrogen and oxygen atoms in total. The Bertz CT molecular complexity index is 1890. The van der Waals surface area contributed by atoms with Crippen LogP contribution in [0.5, 0.6) is 0 Å². The maximum absolute atomic E-state index is 14.0. The number of rotatable bonds is 11. The normalized spacial score (nSPS) is 20.2. The number of unbranched alkanes of at least 4 members (excludes halogenated alkanes) is 1. The van der Waals surface area contributed by atoms with Crippen molar-refractivity contribution in [1.29, 1.82) is 0 Å². The van der Waals surface area contributed by atoms with E-state index in [2.05, 4.69) is 19.8 Å². The van der Waals surface area contributed by atoms with Crippen molar-refractivity contribution in [3.8, 4) is 0 Å². The lowest BCUT2D eigenvalue weighted by Crippen LogP contribution is -2.46. The fourth-order valence-corrected chi connectivity index (χ4v) is 8.35. The standard InChI is InChI=1S/C37H54ClN9O5S/c1-26-24-47-33(23-31(41-47)32-10-6-7-18-46(32)35(48)29-12-11-27(38)22-30(29)42-53(5,50)51)40-34(26)44-19-13-28(25-44)45(36(49)52-37(2,3)4)17-9-8-16-43-20-14-39-15-21-43/h11-12,22-24,28,32,39,42H,6-10,13-21,25H2,1-5H3/t28-,32-/m0/s1. The van der Waals surface area contributed by atoms with Crippen LogP contribution in [0.4, 0.5) is 16.3 Å². The molecule has 290 valence electrons. The number of aromatic nitrogens is 3. The molecule has 3 fully saturated rings. The lowest BCUT2D eigenvalue weighted by molar-refractivity contribution is 0.0173. The van der Waals surface area contributed by atoms with Gasteiger partial charge in [0.15, 0.2) is 5.65 Å². The Hall–Kier alpha value is -3.66. The first-order valence-corrected chi connectivity index (χ1v) is 21.0. The molecule has 0 spiro atoms. The molecule has 0 aliphatic carbocycles. The molecule has 0 radical (unpaired) electrons. The molecule has 0 unspecified atom stereocenters. The van der Waals surface area contributed by atoms with Gasteiger partial charge >= 0.3 is 6.09 Å². The summed E-state index contributed by atoms with van der Waals surface area (Å²) in [5.41, 5.74) is 2.16. The number of ether oxygens (including phenoxy) is 1. The zero-order valence-electron chi connectivity index (χ0n) is 31.6. The van der Waals surface area contributed by atoms with Crippen LogP contribution in [0.2, 0.25) is 5.02 Å². The van der Waals surface area contributed by atoms with E-state index in [1.807, 2.05) is 44.9 Å². The van der Waals surface area contributed by atoms with Crippen molar-refractivity contribution in [1.82, 2.24) is 34.6 Å². The highest BCUT2D eigenvalue weighted by molar-refractivity contribution is 7.92.